The summed E-state index contributed by atoms with van der Waals surface area (Å²) in [4.78, 5) is 0. The van der Waals surface area contributed by atoms with Crippen molar-refractivity contribution in [1.82, 2.24) is 0 Å². The Balaban J connectivity index is 3.45. The van der Waals surface area contributed by atoms with Crippen LogP contribution in [0.5, 0.6) is 0 Å². The van der Waals surface area contributed by atoms with Gasteiger partial charge >= 0.3 is 0 Å². The first-order valence-corrected chi connectivity index (χ1v) is 14.0. The van der Waals surface area contributed by atoms with Crippen LogP contribution in [0.25, 0.3) is 0 Å². The molecule has 0 aromatic heterocycles. The van der Waals surface area contributed by atoms with Gasteiger partial charge in [-0.3, -0.25) is 0 Å². The van der Waals surface area contributed by atoms with E-state index in [9.17, 15) is 0 Å². The molecule has 0 N–H and O–H groups in total. The van der Waals surface area contributed by atoms with Gasteiger partial charge in [0, 0.05) is 16.7 Å². The maximum Gasteiger partial charge on any atom is 0.0886 e. The number of rotatable bonds is 20. The molecule has 1 atom stereocenters. The number of quaternary nitrogens is 1. The maximum atomic E-state index is 2.45. The van der Waals surface area contributed by atoms with E-state index in [4.69, 9.17) is 0 Å². The van der Waals surface area contributed by atoms with Crippen LogP contribution in [0.1, 0.15) is 136 Å². The minimum atomic E-state index is 0.589. The quantitative estimate of drug-likeness (QED) is 0.109. The van der Waals surface area contributed by atoms with Crippen LogP contribution in [0.4, 0.5) is 0 Å². The lowest BCUT2D eigenvalue weighted by atomic mass is 9.95. The predicted octanol–water partition coefficient (Wildman–Crippen LogP) is 7.67. The van der Waals surface area contributed by atoms with E-state index in [0.717, 1.165) is 10.5 Å². The molecule has 0 spiro atoms. The van der Waals surface area contributed by atoms with Crippen LogP contribution >= 0.6 is 0 Å². The molecule has 0 saturated heterocycles. The third-order valence-electron chi connectivity index (χ3n) is 6.33. The Morgan fingerprint density at radius 2 is 0.929 bits per heavy atom. The molecule has 0 aliphatic rings. The van der Waals surface area contributed by atoms with Crippen LogP contribution in [-0.4, -0.2) is 41.9 Å². The van der Waals surface area contributed by atoms with E-state index in [-0.39, 0.29) is 0 Å². The van der Waals surface area contributed by atoms with Gasteiger partial charge in [0.1, 0.15) is 0 Å². The topological polar surface area (TPSA) is 0 Å². The smallest absolute Gasteiger partial charge is 0.0886 e. The van der Waals surface area contributed by atoms with E-state index in [1.807, 2.05) is 0 Å². The lowest BCUT2D eigenvalue weighted by Gasteiger charge is -2.38. The van der Waals surface area contributed by atoms with Gasteiger partial charge in [-0.15, -0.1) is 0 Å². The SMILES string of the molecule is CCCCCCCCCCCCCCCCCCC(CC(C)(C)[SiH3])[N+](C)(C)C. The van der Waals surface area contributed by atoms with Crippen molar-refractivity contribution in [3.05, 3.63) is 0 Å². The van der Waals surface area contributed by atoms with Crippen LogP contribution in [-0.2, 0) is 0 Å². The molecule has 0 saturated carbocycles. The lowest BCUT2D eigenvalue weighted by molar-refractivity contribution is -0.897. The van der Waals surface area contributed by atoms with Crippen molar-refractivity contribution in [2.45, 2.75) is 147 Å². The molecule has 28 heavy (non-hydrogen) atoms. The second kappa shape index (κ2) is 16.9. The second-order valence-corrected chi connectivity index (χ2v) is 14.3. The first kappa shape index (κ1) is 28.2. The number of unbranched alkanes of at least 4 members (excludes halogenated alkanes) is 15. The van der Waals surface area contributed by atoms with E-state index in [0.29, 0.717) is 5.04 Å². The minimum Gasteiger partial charge on any atom is -0.328 e. The largest absolute Gasteiger partial charge is 0.328 e. The Kier molecular flexibility index (Phi) is 17.0. The molecule has 0 bridgehead atoms. The molecule has 0 heterocycles. The minimum absolute atomic E-state index is 0.589. The molecule has 1 nitrogen and oxygen atoms in total. The molecule has 0 radical (unpaired) electrons. The summed E-state index contributed by atoms with van der Waals surface area (Å²) in [6.45, 7) is 7.21. The zero-order valence-corrected chi connectivity index (χ0v) is 23.3. The van der Waals surface area contributed by atoms with E-state index in [1.165, 1.54) is 126 Å². The third kappa shape index (κ3) is 19.5. The molecule has 0 rings (SSSR count). The first-order valence-electron chi connectivity index (χ1n) is 13.0. The zero-order valence-electron chi connectivity index (χ0n) is 21.3. The average molecular weight is 413 g/mol. The van der Waals surface area contributed by atoms with Gasteiger partial charge in [0.2, 0.25) is 0 Å². The number of hydrogen-bond donors (Lipinski definition) is 0. The van der Waals surface area contributed by atoms with Gasteiger partial charge in [0.15, 0.2) is 0 Å². The standard InChI is InChI=1S/C26H58NSi/c1-7-8-9-10-11-12-13-14-15-16-17-18-19-20-21-22-23-25(27(4,5)6)24-26(2,3)28/h25H,7-24H2,1-6,28H3/q+1. The van der Waals surface area contributed by atoms with E-state index < -0.39 is 0 Å². The third-order valence-corrected chi connectivity index (χ3v) is 6.74. The first-order chi connectivity index (χ1) is 13.2. The van der Waals surface area contributed by atoms with Crippen LogP contribution in [0.15, 0.2) is 0 Å². The summed E-state index contributed by atoms with van der Waals surface area (Å²) in [7, 11) is 8.49. The van der Waals surface area contributed by atoms with Gasteiger partial charge in [0.05, 0.1) is 27.2 Å². The monoisotopic (exact) mass is 412 g/mol. The fourth-order valence-corrected chi connectivity index (χ4v) is 4.87. The second-order valence-electron chi connectivity index (χ2n) is 11.6. The van der Waals surface area contributed by atoms with Gasteiger partial charge in [-0.2, -0.15) is 0 Å². The Hall–Kier alpha value is 0.177. The molecule has 1 unspecified atom stereocenters. The molecule has 0 aromatic rings. The van der Waals surface area contributed by atoms with E-state index in [1.54, 1.807) is 0 Å². The van der Waals surface area contributed by atoms with Gasteiger partial charge in [-0.25, -0.2) is 0 Å². The van der Waals surface area contributed by atoms with Gasteiger partial charge in [-0.05, 0) is 17.9 Å². The van der Waals surface area contributed by atoms with Crippen molar-refractivity contribution >= 4 is 10.2 Å². The number of hydrogen-bond acceptors (Lipinski definition) is 0. The molecule has 0 aliphatic heterocycles. The Morgan fingerprint density at radius 3 is 1.21 bits per heavy atom. The summed E-state index contributed by atoms with van der Waals surface area (Å²) in [6, 6.07) is 0.846. The Labute approximate surface area is 183 Å². The lowest BCUT2D eigenvalue weighted by Crippen LogP contribution is -2.46. The molecule has 0 amide bonds. The Morgan fingerprint density at radius 1 is 0.607 bits per heavy atom. The molecule has 2 heteroatoms. The van der Waals surface area contributed by atoms with Gasteiger partial charge in [0.25, 0.3) is 0 Å². The summed E-state index contributed by atoms with van der Waals surface area (Å²) in [5.41, 5.74) is 0. The summed E-state index contributed by atoms with van der Waals surface area (Å²) in [5, 5.41) is 0.589. The van der Waals surface area contributed by atoms with Crippen LogP contribution in [0.3, 0.4) is 0 Å². The fourth-order valence-electron chi connectivity index (χ4n) is 4.40. The number of nitrogens with zero attached hydrogens (tertiary/aromatic N) is 1. The predicted molar refractivity (Wildman–Crippen MR) is 135 cm³/mol. The summed E-state index contributed by atoms with van der Waals surface area (Å²) in [6.07, 6.45) is 26.2. The summed E-state index contributed by atoms with van der Waals surface area (Å²) >= 11 is 0. The van der Waals surface area contributed by atoms with Crippen molar-refractivity contribution < 1.29 is 4.48 Å². The Bertz CT molecular complexity index is 326. The van der Waals surface area contributed by atoms with Crippen molar-refractivity contribution in [2.24, 2.45) is 0 Å². The summed E-state index contributed by atoms with van der Waals surface area (Å²) in [5.74, 6) is 0. The molecule has 170 valence electrons. The van der Waals surface area contributed by atoms with Crippen molar-refractivity contribution in [2.75, 3.05) is 21.1 Å². The highest BCUT2D eigenvalue weighted by Gasteiger charge is 2.28. The average Bonchev–Trinajstić information content (AvgIpc) is 2.58. The van der Waals surface area contributed by atoms with E-state index in [2.05, 4.69) is 41.9 Å². The van der Waals surface area contributed by atoms with Crippen LogP contribution < -0.4 is 0 Å². The highest BCUT2D eigenvalue weighted by molar-refractivity contribution is 6.14. The molecule has 0 aromatic carbocycles. The van der Waals surface area contributed by atoms with Crippen molar-refractivity contribution in [3.63, 3.8) is 0 Å². The molecular weight excluding hydrogens is 354 g/mol. The summed E-state index contributed by atoms with van der Waals surface area (Å²) < 4.78 is 1.14. The normalized spacial score (nSPS) is 13.9. The molecular formula is C26H58NSi+. The molecule has 0 aliphatic carbocycles. The van der Waals surface area contributed by atoms with Crippen molar-refractivity contribution in [1.29, 1.82) is 0 Å². The van der Waals surface area contributed by atoms with Gasteiger partial charge in [-0.1, -0.05) is 117 Å². The maximum absolute atomic E-state index is 2.45. The van der Waals surface area contributed by atoms with Gasteiger partial charge < -0.3 is 4.48 Å². The fraction of sp³-hybridized carbons (Fsp3) is 1.00. The van der Waals surface area contributed by atoms with Crippen molar-refractivity contribution in [3.8, 4) is 0 Å². The van der Waals surface area contributed by atoms with Crippen LogP contribution in [0, 0.1) is 0 Å². The highest BCUT2D eigenvalue weighted by Crippen LogP contribution is 2.31. The zero-order chi connectivity index (χ0) is 21.3. The van der Waals surface area contributed by atoms with Crippen LogP contribution in [0.2, 0.25) is 5.04 Å². The highest BCUT2D eigenvalue weighted by atomic mass is 28.1. The molecule has 0 fully saturated rings. The van der Waals surface area contributed by atoms with E-state index >= 15 is 0 Å².